The Kier molecular flexibility index (Phi) is 10.9. The molecule has 3 rings (SSSR count). The van der Waals surface area contributed by atoms with Crippen LogP contribution in [-0.2, 0) is 34.0 Å². The molecule has 3 aromatic rings. The van der Waals surface area contributed by atoms with Crippen molar-refractivity contribution < 1.29 is 27.9 Å². The van der Waals surface area contributed by atoms with Crippen LogP contribution in [-0.4, -0.2) is 43.1 Å². The van der Waals surface area contributed by atoms with Gasteiger partial charge in [0.2, 0.25) is 11.8 Å². The smallest absolute Gasteiger partial charge is 0.314 e. The van der Waals surface area contributed by atoms with Gasteiger partial charge in [0.15, 0.2) is 0 Å². The number of urea groups is 1. The van der Waals surface area contributed by atoms with Crippen molar-refractivity contribution in [3.8, 4) is 11.1 Å². The third-order valence-corrected chi connectivity index (χ3v) is 6.22. The number of nitrogens with two attached hydrogens (primary N) is 1. The summed E-state index contributed by atoms with van der Waals surface area (Å²) in [6.45, 7) is 2.72. The minimum atomic E-state index is -1.27. The summed E-state index contributed by atoms with van der Waals surface area (Å²) < 4.78 is 33.3. The number of benzene rings is 3. The zero-order valence-electron chi connectivity index (χ0n) is 23.2. The van der Waals surface area contributed by atoms with Crippen LogP contribution in [0.2, 0.25) is 0 Å². The van der Waals surface area contributed by atoms with Gasteiger partial charge in [0.05, 0.1) is 18.8 Å². The van der Waals surface area contributed by atoms with Crippen molar-refractivity contribution in [3.63, 3.8) is 0 Å². The van der Waals surface area contributed by atoms with Crippen LogP contribution in [0.3, 0.4) is 0 Å². The molecule has 6 N–H and O–H groups in total. The van der Waals surface area contributed by atoms with Gasteiger partial charge in [-0.1, -0.05) is 54.6 Å². The Morgan fingerprint density at radius 3 is 2.20 bits per heavy atom. The van der Waals surface area contributed by atoms with Crippen LogP contribution in [0.5, 0.6) is 0 Å². The minimum Gasteiger partial charge on any atom is -0.374 e. The first-order chi connectivity index (χ1) is 19.5. The van der Waals surface area contributed by atoms with Crippen LogP contribution in [0.15, 0.2) is 66.7 Å². The molecule has 4 amide bonds. The largest absolute Gasteiger partial charge is 0.374 e. The average molecular weight is 568 g/mol. The molecular formula is C30H35F2N5O4. The normalized spacial score (nSPS) is 11.9. The van der Waals surface area contributed by atoms with E-state index in [1.165, 1.54) is 19.9 Å². The molecule has 3 aromatic carbocycles. The summed E-state index contributed by atoms with van der Waals surface area (Å²) in [5.41, 5.74) is 7.93. The lowest BCUT2D eigenvalue weighted by Gasteiger charge is -2.24. The molecule has 0 aliphatic rings. The van der Waals surface area contributed by atoms with Gasteiger partial charge in [-0.25, -0.2) is 13.6 Å². The van der Waals surface area contributed by atoms with Crippen molar-refractivity contribution in [2.75, 3.05) is 13.7 Å². The third kappa shape index (κ3) is 9.09. The maximum absolute atomic E-state index is 13.9. The predicted molar refractivity (Wildman–Crippen MR) is 151 cm³/mol. The number of carbonyl (C=O) groups is 3. The zero-order valence-corrected chi connectivity index (χ0v) is 23.2. The summed E-state index contributed by atoms with van der Waals surface area (Å²) in [6.07, 6.45) is 0. The van der Waals surface area contributed by atoms with E-state index in [0.717, 1.165) is 34.4 Å². The van der Waals surface area contributed by atoms with Crippen LogP contribution in [0.1, 0.15) is 30.5 Å². The standard InChI is InChI=1S/C30H35F2N5O4/c1-30(2,33)28(39)37-26(18-41-17-23-24(31)9-6-10-25(23)32)27(38)35-15-19-11-13-20(14-12-19)22-8-5-4-7-21(22)16-36-29(40)34-3/h4-14,26H,15-18,33H2,1-3H3,(H,35,38)(H,37,39)(H2,34,36,40)/t26-/m1/s1. The van der Waals surface area contributed by atoms with Gasteiger partial charge in [-0.15, -0.1) is 0 Å². The van der Waals surface area contributed by atoms with E-state index in [1.807, 2.05) is 48.5 Å². The fourth-order valence-corrected chi connectivity index (χ4v) is 3.81. The number of halogens is 2. The van der Waals surface area contributed by atoms with Gasteiger partial charge in [-0.3, -0.25) is 9.59 Å². The second-order valence-corrected chi connectivity index (χ2v) is 9.97. The van der Waals surface area contributed by atoms with Crippen molar-refractivity contribution in [2.24, 2.45) is 5.73 Å². The molecule has 0 unspecified atom stereocenters. The van der Waals surface area contributed by atoms with Crippen LogP contribution in [0.4, 0.5) is 13.6 Å². The van der Waals surface area contributed by atoms with Gasteiger partial charge in [0.25, 0.3) is 0 Å². The Morgan fingerprint density at radius 2 is 1.56 bits per heavy atom. The predicted octanol–water partition coefficient (Wildman–Crippen LogP) is 3.12. The fraction of sp³-hybridized carbons (Fsp3) is 0.300. The molecule has 0 saturated carbocycles. The second kappa shape index (κ2) is 14.3. The van der Waals surface area contributed by atoms with Crippen molar-refractivity contribution in [1.29, 1.82) is 0 Å². The molecule has 218 valence electrons. The van der Waals surface area contributed by atoms with Gasteiger partial charge < -0.3 is 31.7 Å². The molecule has 41 heavy (non-hydrogen) atoms. The van der Waals surface area contributed by atoms with Gasteiger partial charge in [0.1, 0.15) is 17.7 Å². The van der Waals surface area contributed by atoms with Crippen molar-refractivity contribution in [2.45, 2.75) is 45.1 Å². The maximum Gasteiger partial charge on any atom is 0.314 e. The Bertz CT molecular complexity index is 1340. The van der Waals surface area contributed by atoms with Gasteiger partial charge in [-0.2, -0.15) is 0 Å². The first-order valence-corrected chi connectivity index (χ1v) is 13.0. The molecule has 0 aliphatic carbocycles. The fourth-order valence-electron chi connectivity index (χ4n) is 3.81. The lowest BCUT2D eigenvalue weighted by Crippen LogP contribution is -2.57. The average Bonchev–Trinajstić information content (AvgIpc) is 2.95. The van der Waals surface area contributed by atoms with E-state index in [4.69, 9.17) is 10.5 Å². The molecular weight excluding hydrogens is 532 g/mol. The van der Waals surface area contributed by atoms with Crippen LogP contribution in [0, 0.1) is 11.6 Å². The Hall–Kier alpha value is -4.35. The molecule has 9 nitrogen and oxygen atoms in total. The monoisotopic (exact) mass is 567 g/mol. The summed E-state index contributed by atoms with van der Waals surface area (Å²) in [6, 6.07) is 17.2. The van der Waals surface area contributed by atoms with E-state index in [0.29, 0.717) is 6.54 Å². The number of hydrogen-bond donors (Lipinski definition) is 5. The number of rotatable bonds is 12. The lowest BCUT2D eigenvalue weighted by atomic mass is 9.98. The summed E-state index contributed by atoms with van der Waals surface area (Å²) in [5.74, 6) is -2.68. The Balaban J connectivity index is 1.65. The number of amides is 4. The third-order valence-electron chi connectivity index (χ3n) is 6.22. The molecule has 0 spiro atoms. The number of hydrogen-bond acceptors (Lipinski definition) is 5. The molecule has 1 atom stereocenters. The summed E-state index contributed by atoms with van der Waals surface area (Å²) >= 11 is 0. The SMILES string of the molecule is CNC(=O)NCc1ccccc1-c1ccc(CNC(=O)[C@@H](COCc2c(F)cccc2F)NC(=O)C(C)(C)N)cc1. The Morgan fingerprint density at radius 1 is 0.902 bits per heavy atom. The minimum absolute atomic E-state index is 0.152. The molecule has 0 aliphatic heterocycles. The highest BCUT2D eigenvalue weighted by Crippen LogP contribution is 2.24. The second-order valence-electron chi connectivity index (χ2n) is 9.97. The van der Waals surface area contributed by atoms with Crippen LogP contribution in [0.25, 0.3) is 11.1 Å². The van der Waals surface area contributed by atoms with Gasteiger partial charge in [0, 0.05) is 25.7 Å². The van der Waals surface area contributed by atoms with Gasteiger partial charge >= 0.3 is 6.03 Å². The van der Waals surface area contributed by atoms with E-state index in [1.54, 1.807) is 7.05 Å². The lowest BCUT2D eigenvalue weighted by molar-refractivity contribution is -0.132. The van der Waals surface area contributed by atoms with Crippen molar-refractivity contribution >= 4 is 17.8 Å². The topological polar surface area (TPSA) is 135 Å². The van der Waals surface area contributed by atoms with Crippen LogP contribution >= 0.6 is 0 Å². The van der Waals surface area contributed by atoms with Crippen molar-refractivity contribution in [3.05, 3.63) is 95.1 Å². The zero-order chi connectivity index (χ0) is 30.0. The molecule has 0 aromatic heterocycles. The van der Waals surface area contributed by atoms with E-state index in [-0.39, 0.29) is 24.7 Å². The number of carbonyl (C=O) groups excluding carboxylic acids is 3. The molecule has 0 saturated heterocycles. The highest BCUT2D eigenvalue weighted by molar-refractivity contribution is 5.91. The van der Waals surface area contributed by atoms with Gasteiger partial charge in [-0.05, 0) is 48.2 Å². The van der Waals surface area contributed by atoms with E-state index in [9.17, 15) is 23.2 Å². The van der Waals surface area contributed by atoms with E-state index in [2.05, 4.69) is 21.3 Å². The highest BCUT2D eigenvalue weighted by Gasteiger charge is 2.28. The highest BCUT2D eigenvalue weighted by atomic mass is 19.1. The molecule has 0 radical (unpaired) electrons. The molecule has 0 heterocycles. The van der Waals surface area contributed by atoms with Crippen molar-refractivity contribution in [1.82, 2.24) is 21.3 Å². The first-order valence-electron chi connectivity index (χ1n) is 13.0. The summed E-state index contributed by atoms with van der Waals surface area (Å²) in [7, 11) is 1.55. The quantitative estimate of drug-likeness (QED) is 0.229. The molecule has 11 heteroatoms. The van der Waals surface area contributed by atoms with E-state index >= 15 is 0 Å². The number of nitrogens with one attached hydrogen (secondary N) is 4. The summed E-state index contributed by atoms with van der Waals surface area (Å²) in [5, 5.41) is 10.6. The van der Waals surface area contributed by atoms with Crippen LogP contribution < -0.4 is 27.0 Å². The van der Waals surface area contributed by atoms with E-state index < -0.39 is 41.6 Å². The number of ether oxygens (including phenoxy) is 1. The first kappa shape index (κ1) is 31.2. The molecule has 0 bridgehead atoms. The molecule has 0 fully saturated rings. The summed E-state index contributed by atoms with van der Waals surface area (Å²) in [4.78, 5) is 37.1. The Labute approximate surface area is 237 Å². The maximum atomic E-state index is 13.9.